The number of hydrogen-bond donors (Lipinski definition) is 3. The number of carbonyl (C=O) groups excluding carboxylic acids is 1. The highest BCUT2D eigenvalue weighted by Gasteiger charge is 2.49. The van der Waals surface area contributed by atoms with Crippen LogP contribution < -0.4 is 11.1 Å². The summed E-state index contributed by atoms with van der Waals surface area (Å²) in [5.74, 6) is -5.74. The highest BCUT2D eigenvalue weighted by atomic mass is 19.3. The van der Waals surface area contributed by atoms with Gasteiger partial charge in [0.25, 0.3) is 5.91 Å². The summed E-state index contributed by atoms with van der Waals surface area (Å²) in [7, 11) is 0. The maximum atomic E-state index is 13.8. The van der Waals surface area contributed by atoms with Gasteiger partial charge in [0.2, 0.25) is 0 Å². The van der Waals surface area contributed by atoms with Crippen LogP contribution in [0.3, 0.4) is 0 Å². The summed E-state index contributed by atoms with van der Waals surface area (Å²) < 4.78 is 32.8. The number of rotatable bonds is 7. The van der Waals surface area contributed by atoms with E-state index in [4.69, 9.17) is 10.5 Å². The van der Waals surface area contributed by atoms with E-state index in [0.717, 1.165) is 0 Å². The smallest absolute Gasteiger partial charge is 0.351 e. The number of carbonyl (C=O) groups is 1. The molecule has 1 amide bonds. The van der Waals surface area contributed by atoms with Crippen molar-refractivity contribution in [2.45, 2.75) is 31.9 Å². The molecule has 1 fully saturated rings. The van der Waals surface area contributed by atoms with Crippen LogP contribution in [0, 0.1) is 5.92 Å². The van der Waals surface area contributed by atoms with Crippen LogP contribution in [-0.2, 0) is 9.53 Å². The number of morpholine rings is 1. The average molecular weight is 309 g/mol. The number of ether oxygens (including phenoxy) is 1. The highest BCUT2D eigenvalue weighted by molar-refractivity contribution is 5.84. The Morgan fingerprint density at radius 1 is 1.43 bits per heavy atom. The van der Waals surface area contributed by atoms with Gasteiger partial charge in [-0.25, -0.2) is 0 Å². The predicted molar refractivity (Wildman–Crippen MR) is 74.0 cm³/mol. The summed E-state index contributed by atoms with van der Waals surface area (Å²) in [5, 5.41) is 11.7. The molecule has 6 nitrogen and oxygen atoms in total. The van der Waals surface area contributed by atoms with Gasteiger partial charge in [-0.1, -0.05) is 13.8 Å². The SMILES string of the molecule is CC(C)[C@H](N)[C@@H](O)C(F)(F)C(=O)NCCN1CCOCC1. The second-order valence-corrected chi connectivity index (χ2v) is 5.60. The van der Waals surface area contributed by atoms with Gasteiger partial charge in [-0.05, 0) is 5.92 Å². The third-order valence-electron chi connectivity index (χ3n) is 3.63. The van der Waals surface area contributed by atoms with E-state index in [-0.39, 0.29) is 12.5 Å². The molecule has 2 atom stereocenters. The molecule has 1 aliphatic rings. The molecule has 1 saturated heterocycles. The second-order valence-electron chi connectivity index (χ2n) is 5.60. The van der Waals surface area contributed by atoms with Crippen molar-refractivity contribution in [3.05, 3.63) is 0 Å². The molecule has 21 heavy (non-hydrogen) atoms. The molecule has 0 saturated carbocycles. The van der Waals surface area contributed by atoms with Gasteiger partial charge >= 0.3 is 5.92 Å². The second kappa shape index (κ2) is 7.98. The number of nitrogens with one attached hydrogen (secondary N) is 1. The molecule has 0 unspecified atom stereocenters. The largest absolute Gasteiger partial charge is 0.385 e. The number of nitrogens with two attached hydrogens (primary N) is 1. The lowest BCUT2D eigenvalue weighted by atomic mass is 9.95. The molecular weight excluding hydrogens is 284 g/mol. The van der Waals surface area contributed by atoms with Gasteiger partial charge in [-0.15, -0.1) is 0 Å². The number of amides is 1. The molecule has 1 heterocycles. The number of alkyl halides is 2. The van der Waals surface area contributed by atoms with Gasteiger partial charge in [0.1, 0.15) is 6.10 Å². The predicted octanol–water partition coefficient (Wildman–Crippen LogP) is -0.586. The van der Waals surface area contributed by atoms with E-state index >= 15 is 0 Å². The lowest BCUT2D eigenvalue weighted by Crippen LogP contribution is -2.57. The van der Waals surface area contributed by atoms with Crippen molar-refractivity contribution in [2.24, 2.45) is 11.7 Å². The van der Waals surface area contributed by atoms with Crippen molar-refractivity contribution in [3.8, 4) is 0 Å². The van der Waals surface area contributed by atoms with E-state index < -0.39 is 24.0 Å². The summed E-state index contributed by atoms with van der Waals surface area (Å²) in [6, 6.07) is -1.16. The molecule has 0 bridgehead atoms. The molecule has 0 spiro atoms. The van der Waals surface area contributed by atoms with Gasteiger partial charge in [0.05, 0.1) is 13.2 Å². The Labute approximate surface area is 123 Å². The number of aliphatic hydroxyl groups is 1. The van der Waals surface area contributed by atoms with Crippen LogP contribution in [0.5, 0.6) is 0 Å². The Bertz CT molecular complexity index is 337. The summed E-state index contributed by atoms with van der Waals surface area (Å²) in [6.07, 6.45) is -2.19. The van der Waals surface area contributed by atoms with Crippen LogP contribution in [0.15, 0.2) is 0 Å². The van der Waals surface area contributed by atoms with Gasteiger partial charge in [0, 0.05) is 32.2 Å². The van der Waals surface area contributed by atoms with Crippen molar-refractivity contribution < 1.29 is 23.4 Å². The van der Waals surface area contributed by atoms with E-state index in [2.05, 4.69) is 5.32 Å². The van der Waals surface area contributed by atoms with Gasteiger partial charge in [0.15, 0.2) is 0 Å². The van der Waals surface area contributed by atoms with Crippen LogP contribution in [-0.4, -0.2) is 73.4 Å². The van der Waals surface area contributed by atoms with Gasteiger partial charge < -0.3 is 20.9 Å². The third kappa shape index (κ3) is 5.14. The monoisotopic (exact) mass is 309 g/mol. The maximum absolute atomic E-state index is 13.8. The fourth-order valence-corrected chi connectivity index (χ4v) is 2.01. The molecule has 1 aliphatic heterocycles. The van der Waals surface area contributed by atoms with Gasteiger partial charge in [-0.2, -0.15) is 8.78 Å². The highest BCUT2D eigenvalue weighted by Crippen LogP contribution is 2.23. The summed E-state index contributed by atoms with van der Waals surface area (Å²) >= 11 is 0. The number of nitrogens with zero attached hydrogens (tertiary/aromatic N) is 1. The number of hydrogen-bond acceptors (Lipinski definition) is 5. The Morgan fingerprint density at radius 3 is 2.52 bits per heavy atom. The maximum Gasteiger partial charge on any atom is 0.351 e. The van der Waals surface area contributed by atoms with Crippen molar-refractivity contribution >= 4 is 5.91 Å². The lowest BCUT2D eigenvalue weighted by molar-refractivity contribution is -0.167. The zero-order chi connectivity index (χ0) is 16.0. The van der Waals surface area contributed by atoms with E-state index in [1.807, 2.05) is 4.90 Å². The number of halogens is 2. The van der Waals surface area contributed by atoms with E-state index in [1.54, 1.807) is 13.8 Å². The minimum absolute atomic E-state index is 0.0953. The standard InChI is InChI=1S/C13H25F2N3O3/c1-9(2)10(16)11(19)13(14,15)12(20)17-3-4-18-5-7-21-8-6-18/h9-11,19H,3-8,16H2,1-2H3,(H,17,20)/t10-,11+/m0/s1. The Balaban J connectivity index is 2.41. The van der Waals surface area contributed by atoms with E-state index in [9.17, 15) is 18.7 Å². The first-order chi connectivity index (χ1) is 9.76. The molecule has 0 radical (unpaired) electrons. The van der Waals surface area contributed by atoms with Crippen LogP contribution in [0.4, 0.5) is 8.78 Å². The summed E-state index contributed by atoms with van der Waals surface area (Å²) in [4.78, 5) is 13.6. The minimum atomic E-state index is -3.89. The molecular formula is C13H25F2N3O3. The van der Waals surface area contributed by atoms with Gasteiger partial charge in [-0.3, -0.25) is 9.69 Å². The summed E-state index contributed by atoms with van der Waals surface area (Å²) in [5.41, 5.74) is 5.50. The molecule has 0 aromatic carbocycles. The normalized spacial score (nSPS) is 20.3. The van der Waals surface area contributed by atoms with Crippen LogP contribution >= 0.6 is 0 Å². The van der Waals surface area contributed by atoms with Crippen molar-refractivity contribution in [2.75, 3.05) is 39.4 Å². The lowest BCUT2D eigenvalue weighted by Gasteiger charge is -2.29. The number of aliphatic hydroxyl groups excluding tert-OH is 1. The molecule has 0 aromatic rings. The first-order valence-corrected chi connectivity index (χ1v) is 7.16. The Morgan fingerprint density at radius 2 is 2.00 bits per heavy atom. The van der Waals surface area contributed by atoms with Crippen molar-refractivity contribution in [1.29, 1.82) is 0 Å². The average Bonchev–Trinajstić information content (AvgIpc) is 2.46. The quantitative estimate of drug-likeness (QED) is 0.585. The molecule has 4 N–H and O–H groups in total. The molecule has 0 aromatic heterocycles. The first kappa shape index (κ1) is 18.2. The van der Waals surface area contributed by atoms with E-state index in [0.29, 0.717) is 32.8 Å². The minimum Gasteiger partial charge on any atom is -0.385 e. The molecule has 8 heteroatoms. The third-order valence-corrected chi connectivity index (χ3v) is 3.63. The van der Waals surface area contributed by atoms with Crippen molar-refractivity contribution in [3.63, 3.8) is 0 Å². The zero-order valence-corrected chi connectivity index (χ0v) is 12.5. The van der Waals surface area contributed by atoms with Crippen LogP contribution in [0.2, 0.25) is 0 Å². The summed E-state index contributed by atoms with van der Waals surface area (Å²) in [6.45, 7) is 6.43. The molecule has 0 aliphatic carbocycles. The first-order valence-electron chi connectivity index (χ1n) is 7.16. The van der Waals surface area contributed by atoms with Crippen molar-refractivity contribution in [1.82, 2.24) is 10.2 Å². The molecule has 124 valence electrons. The topological polar surface area (TPSA) is 87.8 Å². The Hall–Kier alpha value is -0.830. The molecule has 1 rings (SSSR count). The van der Waals surface area contributed by atoms with E-state index in [1.165, 1.54) is 0 Å². The van der Waals surface area contributed by atoms with Crippen LogP contribution in [0.1, 0.15) is 13.8 Å². The fraction of sp³-hybridized carbons (Fsp3) is 0.923. The van der Waals surface area contributed by atoms with Crippen LogP contribution in [0.25, 0.3) is 0 Å². The fourth-order valence-electron chi connectivity index (χ4n) is 2.01. The Kier molecular flexibility index (Phi) is 6.92. The zero-order valence-electron chi connectivity index (χ0n) is 12.5.